The molecule has 0 aromatic heterocycles. The minimum absolute atomic E-state index is 0.0971. The monoisotopic (exact) mass is 305 g/mol. The second kappa shape index (κ2) is 6.87. The molecule has 0 radical (unpaired) electrons. The lowest BCUT2D eigenvalue weighted by atomic mass is 10.2. The van der Waals surface area contributed by atoms with Gasteiger partial charge in [0.2, 0.25) is 0 Å². The van der Waals surface area contributed by atoms with Crippen molar-refractivity contribution in [3.63, 3.8) is 0 Å². The van der Waals surface area contributed by atoms with Gasteiger partial charge in [0.1, 0.15) is 5.75 Å². The number of amides is 2. The van der Waals surface area contributed by atoms with Crippen LogP contribution in [-0.2, 0) is 4.74 Å². The van der Waals surface area contributed by atoms with E-state index >= 15 is 0 Å². The zero-order chi connectivity index (χ0) is 15.4. The number of nitrogens with one attached hydrogen (secondary N) is 1. The minimum atomic E-state index is -0.0971. The number of morpholine rings is 1. The Morgan fingerprint density at radius 3 is 2.59 bits per heavy atom. The summed E-state index contributed by atoms with van der Waals surface area (Å²) in [6.45, 7) is 4.59. The molecule has 0 unspecified atom stereocenters. The van der Waals surface area contributed by atoms with Gasteiger partial charge in [0, 0.05) is 31.9 Å². The summed E-state index contributed by atoms with van der Waals surface area (Å²) in [4.78, 5) is 16.5. The second-order valence-corrected chi connectivity index (χ2v) is 5.61. The van der Waals surface area contributed by atoms with E-state index < -0.39 is 0 Å². The molecule has 0 spiro atoms. The fourth-order valence-electron chi connectivity index (χ4n) is 2.93. The van der Waals surface area contributed by atoms with E-state index in [9.17, 15) is 4.79 Å². The fraction of sp³-hybridized carbons (Fsp3) is 0.562. The second-order valence-electron chi connectivity index (χ2n) is 5.61. The molecule has 6 heteroatoms. The third-order valence-electron chi connectivity index (χ3n) is 4.19. The molecular weight excluding hydrogens is 282 g/mol. The van der Waals surface area contributed by atoms with Gasteiger partial charge in [0.15, 0.2) is 0 Å². The molecule has 120 valence electrons. The van der Waals surface area contributed by atoms with Gasteiger partial charge in [-0.3, -0.25) is 0 Å². The predicted octanol–water partition coefficient (Wildman–Crippen LogP) is 2.16. The number of rotatable bonds is 3. The number of anilines is 2. The highest BCUT2D eigenvalue weighted by Gasteiger charge is 2.19. The zero-order valence-corrected chi connectivity index (χ0v) is 13.0. The van der Waals surface area contributed by atoms with E-state index in [1.807, 2.05) is 12.1 Å². The van der Waals surface area contributed by atoms with E-state index in [4.69, 9.17) is 9.47 Å². The molecule has 1 aromatic rings. The topological polar surface area (TPSA) is 54.0 Å². The summed E-state index contributed by atoms with van der Waals surface area (Å²) in [5.41, 5.74) is 1.86. The Bertz CT molecular complexity index is 523. The maximum atomic E-state index is 12.4. The van der Waals surface area contributed by atoms with E-state index in [0.29, 0.717) is 32.1 Å². The maximum Gasteiger partial charge on any atom is 0.322 e. The summed E-state index contributed by atoms with van der Waals surface area (Å²) in [5.74, 6) is 0.685. The third kappa shape index (κ3) is 3.27. The Balaban J connectivity index is 1.75. The molecule has 2 aliphatic heterocycles. The van der Waals surface area contributed by atoms with Gasteiger partial charge in [-0.2, -0.15) is 0 Å². The molecule has 2 amide bonds. The van der Waals surface area contributed by atoms with Gasteiger partial charge in [0.05, 0.1) is 26.0 Å². The number of nitrogens with zero attached hydrogens (tertiary/aromatic N) is 2. The molecule has 22 heavy (non-hydrogen) atoms. The van der Waals surface area contributed by atoms with Crippen LogP contribution in [-0.4, -0.2) is 57.4 Å². The van der Waals surface area contributed by atoms with Crippen LogP contribution in [0.4, 0.5) is 16.2 Å². The SMILES string of the molecule is COc1ccc(N2CCCC2)cc1NC(=O)N1CCOCC1. The van der Waals surface area contributed by atoms with Crippen LogP contribution in [0.5, 0.6) is 5.75 Å². The van der Waals surface area contributed by atoms with Crippen LogP contribution in [0, 0.1) is 0 Å². The Morgan fingerprint density at radius 1 is 1.18 bits per heavy atom. The van der Waals surface area contributed by atoms with Gasteiger partial charge >= 0.3 is 6.03 Å². The van der Waals surface area contributed by atoms with Gasteiger partial charge in [0.25, 0.3) is 0 Å². The first-order valence-corrected chi connectivity index (χ1v) is 7.84. The number of ether oxygens (including phenoxy) is 2. The molecule has 2 fully saturated rings. The van der Waals surface area contributed by atoms with Crippen LogP contribution in [0.2, 0.25) is 0 Å². The lowest BCUT2D eigenvalue weighted by Gasteiger charge is -2.27. The molecular formula is C16H23N3O3. The number of carbonyl (C=O) groups is 1. The van der Waals surface area contributed by atoms with Crippen molar-refractivity contribution >= 4 is 17.4 Å². The van der Waals surface area contributed by atoms with Gasteiger partial charge < -0.3 is 24.6 Å². The molecule has 6 nitrogen and oxygen atoms in total. The van der Waals surface area contributed by atoms with Crippen molar-refractivity contribution in [3.05, 3.63) is 18.2 Å². The van der Waals surface area contributed by atoms with E-state index in [1.165, 1.54) is 12.8 Å². The lowest BCUT2D eigenvalue weighted by molar-refractivity contribution is 0.0564. The Hall–Kier alpha value is -1.95. The zero-order valence-electron chi connectivity index (χ0n) is 13.0. The van der Waals surface area contributed by atoms with E-state index in [-0.39, 0.29) is 6.03 Å². The Morgan fingerprint density at radius 2 is 1.91 bits per heavy atom. The Kier molecular flexibility index (Phi) is 4.68. The first-order chi connectivity index (χ1) is 10.8. The van der Waals surface area contributed by atoms with Crippen molar-refractivity contribution < 1.29 is 14.3 Å². The fourth-order valence-corrected chi connectivity index (χ4v) is 2.93. The number of methoxy groups -OCH3 is 1. The average molecular weight is 305 g/mol. The van der Waals surface area contributed by atoms with Gasteiger partial charge in [-0.05, 0) is 31.0 Å². The van der Waals surface area contributed by atoms with Crippen LogP contribution >= 0.6 is 0 Å². The molecule has 3 rings (SSSR count). The van der Waals surface area contributed by atoms with Crippen molar-refractivity contribution in [2.75, 3.05) is 56.7 Å². The van der Waals surface area contributed by atoms with Crippen LogP contribution in [0.25, 0.3) is 0 Å². The Labute approximate surface area is 131 Å². The summed E-state index contributed by atoms with van der Waals surface area (Å²) in [6.07, 6.45) is 2.45. The largest absolute Gasteiger partial charge is 0.495 e. The lowest BCUT2D eigenvalue weighted by Crippen LogP contribution is -2.43. The van der Waals surface area contributed by atoms with Crippen LogP contribution < -0.4 is 15.0 Å². The number of benzene rings is 1. The average Bonchev–Trinajstić information content (AvgIpc) is 3.10. The van der Waals surface area contributed by atoms with E-state index in [2.05, 4.69) is 16.3 Å². The first kappa shape index (κ1) is 15.0. The standard InChI is InChI=1S/C16H23N3O3/c1-21-15-5-4-13(18-6-2-3-7-18)12-14(15)17-16(20)19-8-10-22-11-9-19/h4-5,12H,2-3,6-11H2,1H3,(H,17,20). The van der Waals surface area contributed by atoms with Gasteiger partial charge in [-0.15, -0.1) is 0 Å². The number of hydrogen-bond acceptors (Lipinski definition) is 4. The first-order valence-electron chi connectivity index (χ1n) is 7.84. The number of hydrogen-bond donors (Lipinski definition) is 1. The maximum absolute atomic E-state index is 12.4. The van der Waals surface area contributed by atoms with E-state index in [1.54, 1.807) is 12.0 Å². The number of carbonyl (C=O) groups excluding carboxylic acids is 1. The van der Waals surface area contributed by atoms with Crippen molar-refractivity contribution in [3.8, 4) is 5.75 Å². The van der Waals surface area contributed by atoms with Gasteiger partial charge in [-0.1, -0.05) is 0 Å². The van der Waals surface area contributed by atoms with Crippen LogP contribution in [0.3, 0.4) is 0 Å². The predicted molar refractivity (Wildman–Crippen MR) is 85.9 cm³/mol. The normalized spacial score (nSPS) is 18.4. The highest BCUT2D eigenvalue weighted by molar-refractivity contribution is 5.91. The van der Waals surface area contributed by atoms with Crippen LogP contribution in [0.1, 0.15) is 12.8 Å². The summed E-state index contributed by atoms with van der Waals surface area (Å²) < 4.78 is 10.7. The van der Waals surface area contributed by atoms with Crippen molar-refractivity contribution in [2.24, 2.45) is 0 Å². The summed E-state index contributed by atoms with van der Waals surface area (Å²) in [5, 5.41) is 2.97. The van der Waals surface area contributed by atoms with Crippen molar-refractivity contribution in [1.82, 2.24) is 4.90 Å². The molecule has 2 heterocycles. The van der Waals surface area contributed by atoms with Crippen molar-refractivity contribution in [1.29, 1.82) is 0 Å². The molecule has 2 aliphatic rings. The minimum Gasteiger partial charge on any atom is -0.495 e. The van der Waals surface area contributed by atoms with Gasteiger partial charge in [-0.25, -0.2) is 4.79 Å². The highest BCUT2D eigenvalue weighted by Crippen LogP contribution is 2.31. The quantitative estimate of drug-likeness (QED) is 0.930. The molecule has 2 saturated heterocycles. The van der Waals surface area contributed by atoms with Crippen molar-refractivity contribution in [2.45, 2.75) is 12.8 Å². The van der Waals surface area contributed by atoms with E-state index in [0.717, 1.165) is 24.5 Å². The smallest absolute Gasteiger partial charge is 0.322 e. The highest BCUT2D eigenvalue weighted by atomic mass is 16.5. The summed E-state index contributed by atoms with van der Waals surface area (Å²) >= 11 is 0. The number of urea groups is 1. The molecule has 1 N–H and O–H groups in total. The molecule has 0 atom stereocenters. The molecule has 0 saturated carbocycles. The molecule has 0 aliphatic carbocycles. The summed E-state index contributed by atoms with van der Waals surface area (Å²) in [6, 6.07) is 5.87. The summed E-state index contributed by atoms with van der Waals surface area (Å²) in [7, 11) is 1.62. The molecule has 1 aromatic carbocycles. The third-order valence-corrected chi connectivity index (χ3v) is 4.19. The van der Waals surface area contributed by atoms with Crippen LogP contribution in [0.15, 0.2) is 18.2 Å². The molecule has 0 bridgehead atoms.